The molecule has 1 aliphatic heterocycles. The van der Waals surface area contributed by atoms with E-state index in [1.807, 2.05) is 13.8 Å². The van der Waals surface area contributed by atoms with Gasteiger partial charge in [0.1, 0.15) is 11.5 Å². The summed E-state index contributed by atoms with van der Waals surface area (Å²) in [5, 5.41) is 11.8. The SMILES string of the molecule is CCOc1ccc(/C(O)=C2\C(=O)C(=O)N(CCN(CC)CC)C2c2ccc(Cl)cc2)cc1C. The Morgan fingerprint density at radius 3 is 2.33 bits per heavy atom. The van der Waals surface area contributed by atoms with E-state index in [1.54, 1.807) is 47.4 Å². The molecule has 6 nitrogen and oxygen atoms in total. The van der Waals surface area contributed by atoms with E-state index in [1.165, 1.54) is 0 Å². The largest absolute Gasteiger partial charge is 0.507 e. The second-order valence-corrected chi connectivity index (χ2v) is 8.42. The van der Waals surface area contributed by atoms with E-state index >= 15 is 0 Å². The maximum absolute atomic E-state index is 13.1. The molecule has 1 aliphatic rings. The van der Waals surface area contributed by atoms with Crippen LogP contribution in [-0.2, 0) is 9.59 Å². The van der Waals surface area contributed by atoms with Crippen LogP contribution < -0.4 is 4.74 Å². The number of ether oxygens (including phenoxy) is 1. The Balaban J connectivity index is 2.09. The number of benzene rings is 2. The van der Waals surface area contributed by atoms with Crippen molar-refractivity contribution < 1.29 is 19.4 Å². The number of carbonyl (C=O) groups excluding carboxylic acids is 2. The standard InChI is InChI=1S/C26H31ClN2O4/c1-5-28(6-2)14-15-29-23(18-8-11-20(27)12-9-18)22(25(31)26(29)32)24(30)19-10-13-21(33-7-3)17(4)16-19/h8-13,16,23,30H,5-7,14-15H2,1-4H3/b24-22+. The fraction of sp³-hybridized carbons (Fsp3) is 0.385. The zero-order valence-corrected chi connectivity index (χ0v) is 20.4. The number of amides is 1. The Hall–Kier alpha value is -2.83. The molecule has 0 radical (unpaired) electrons. The molecule has 0 aliphatic carbocycles. The molecular formula is C26H31ClN2O4. The van der Waals surface area contributed by atoms with Crippen LogP contribution in [0.2, 0.25) is 5.02 Å². The Kier molecular flexibility index (Phi) is 8.16. The van der Waals surface area contributed by atoms with Gasteiger partial charge in [-0.15, -0.1) is 0 Å². The summed E-state index contributed by atoms with van der Waals surface area (Å²) in [5.41, 5.74) is 2.11. The molecule has 0 bridgehead atoms. The predicted octanol–water partition coefficient (Wildman–Crippen LogP) is 4.81. The molecule has 1 heterocycles. The van der Waals surface area contributed by atoms with E-state index in [0.29, 0.717) is 36.0 Å². The van der Waals surface area contributed by atoms with Crippen molar-refractivity contribution in [1.29, 1.82) is 0 Å². The van der Waals surface area contributed by atoms with Gasteiger partial charge >= 0.3 is 0 Å². The second-order valence-electron chi connectivity index (χ2n) is 7.98. The number of nitrogens with zero attached hydrogens (tertiary/aromatic N) is 2. The molecule has 33 heavy (non-hydrogen) atoms. The molecule has 1 unspecified atom stereocenters. The monoisotopic (exact) mass is 470 g/mol. The van der Waals surface area contributed by atoms with Crippen molar-refractivity contribution in [3.05, 3.63) is 69.8 Å². The maximum atomic E-state index is 13.1. The van der Waals surface area contributed by atoms with Crippen LogP contribution in [0.1, 0.15) is 43.5 Å². The first-order valence-corrected chi connectivity index (χ1v) is 11.7. The molecular weight excluding hydrogens is 440 g/mol. The zero-order valence-electron chi connectivity index (χ0n) is 19.6. The summed E-state index contributed by atoms with van der Waals surface area (Å²) in [5.74, 6) is -0.766. The Bertz CT molecular complexity index is 1040. The predicted molar refractivity (Wildman–Crippen MR) is 131 cm³/mol. The van der Waals surface area contributed by atoms with Crippen LogP contribution in [-0.4, -0.2) is 59.4 Å². The molecule has 0 spiro atoms. The number of aliphatic hydroxyl groups excluding tert-OH is 1. The highest BCUT2D eigenvalue weighted by molar-refractivity contribution is 6.46. The highest BCUT2D eigenvalue weighted by Crippen LogP contribution is 2.40. The number of hydrogen-bond donors (Lipinski definition) is 1. The molecule has 1 saturated heterocycles. The lowest BCUT2D eigenvalue weighted by Gasteiger charge is -2.28. The summed E-state index contributed by atoms with van der Waals surface area (Å²) in [4.78, 5) is 30.0. The van der Waals surface area contributed by atoms with E-state index in [9.17, 15) is 14.7 Å². The highest BCUT2D eigenvalue weighted by Gasteiger charge is 2.46. The Labute approximate surface area is 200 Å². The minimum atomic E-state index is -0.690. The first-order valence-electron chi connectivity index (χ1n) is 11.3. The van der Waals surface area contributed by atoms with E-state index in [0.717, 1.165) is 24.2 Å². The number of ketones is 1. The van der Waals surface area contributed by atoms with Gasteiger partial charge in [0.05, 0.1) is 18.2 Å². The van der Waals surface area contributed by atoms with Crippen LogP contribution in [0.5, 0.6) is 5.75 Å². The Morgan fingerprint density at radius 1 is 1.09 bits per heavy atom. The van der Waals surface area contributed by atoms with Crippen molar-refractivity contribution in [1.82, 2.24) is 9.80 Å². The van der Waals surface area contributed by atoms with Gasteiger partial charge in [0.25, 0.3) is 11.7 Å². The van der Waals surface area contributed by atoms with Gasteiger partial charge in [0.15, 0.2) is 0 Å². The molecule has 0 aromatic heterocycles. The fourth-order valence-electron chi connectivity index (χ4n) is 4.16. The van der Waals surface area contributed by atoms with Crippen molar-refractivity contribution >= 4 is 29.1 Å². The van der Waals surface area contributed by atoms with Gasteiger partial charge in [-0.05, 0) is 68.4 Å². The van der Waals surface area contributed by atoms with Gasteiger partial charge in [-0.2, -0.15) is 0 Å². The maximum Gasteiger partial charge on any atom is 0.295 e. The lowest BCUT2D eigenvalue weighted by molar-refractivity contribution is -0.140. The summed E-state index contributed by atoms with van der Waals surface area (Å²) in [6.07, 6.45) is 0. The summed E-state index contributed by atoms with van der Waals surface area (Å²) >= 11 is 6.08. The molecule has 0 saturated carbocycles. The number of aryl methyl sites for hydroxylation is 1. The molecule has 1 atom stereocenters. The lowest BCUT2D eigenvalue weighted by atomic mass is 9.95. The number of likely N-dealkylation sites (tertiary alicyclic amines) is 1. The summed E-state index contributed by atoms with van der Waals surface area (Å²) in [6, 6.07) is 11.6. The normalized spacial score (nSPS) is 17.8. The number of rotatable bonds is 9. The van der Waals surface area contributed by atoms with E-state index in [-0.39, 0.29) is 11.3 Å². The van der Waals surface area contributed by atoms with E-state index in [4.69, 9.17) is 16.3 Å². The van der Waals surface area contributed by atoms with Crippen LogP contribution in [0.4, 0.5) is 0 Å². The van der Waals surface area contributed by atoms with Crippen LogP contribution in [0.15, 0.2) is 48.0 Å². The Morgan fingerprint density at radius 2 is 1.76 bits per heavy atom. The minimum Gasteiger partial charge on any atom is -0.507 e. The molecule has 1 fully saturated rings. The summed E-state index contributed by atoms with van der Waals surface area (Å²) < 4.78 is 5.59. The number of Topliss-reactive ketones (excluding diaryl/α,β-unsaturated/α-hetero) is 1. The number of likely N-dealkylation sites (N-methyl/N-ethyl adjacent to an activating group) is 1. The average Bonchev–Trinajstić information content (AvgIpc) is 3.06. The first kappa shape index (κ1) is 24.8. The number of halogens is 1. The minimum absolute atomic E-state index is 0.0884. The first-order chi connectivity index (χ1) is 15.8. The van der Waals surface area contributed by atoms with Crippen LogP contribution in [0.3, 0.4) is 0 Å². The fourth-order valence-corrected chi connectivity index (χ4v) is 4.29. The van der Waals surface area contributed by atoms with Gasteiger partial charge < -0.3 is 19.6 Å². The average molecular weight is 471 g/mol. The molecule has 1 N–H and O–H groups in total. The van der Waals surface area contributed by atoms with Crippen molar-refractivity contribution in [3.63, 3.8) is 0 Å². The van der Waals surface area contributed by atoms with Crippen LogP contribution >= 0.6 is 11.6 Å². The second kappa shape index (κ2) is 10.9. The molecule has 2 aromatic carbocycles. The van der Waals surface area contributed by atoms with Crippen molar-refractivity contribution in [3.8, 4) is 5.75 Å². The van der Waals surface area contributed by atoms with Crippen LogP contribution in [0.25, 0.3) is 5.76 Å². The van der Waals surface area contributed by atoms with Crippen molar-refractivity contribution in [2.75, 3.05) is 32.8 Å². The van der Waals surface area contributed by atoms with Gasteiger partial charge in [-0.1, -0.05) is 37.6 Å². The van der Waals surface area contributed by atoms with Crippen molar-refractivity contribution in [2.24, 2.45) is 0 Å². The lowest BCUT2D eigenvalue weighted by Crippen LogP contribution is -2.38. The van der Waals surface area contributed by atoms with E-state index < -0.39 is 17.7 Å². The number of aliphatic hydroxyl groups is 1. The van der Waals surface area contributed by atoms with Crippen LogP contribution in [0, 0.1) is 6.92 Å². The molecule has 3 rings (SSSR count). The number of carbonyl (C=O) groups is 2. The zero-order chi connectivity index (χ0) is 24.1. The third-order valence-corrected chi connectivity index (χ3v) is 6.28. The third-order valence-electron chi connectivity index (χ3n) is 6.03. The van der Waals surface area contributed by atoms with Gasteiger partial charge in [0.2, 0.25) is 0 Å². The summed E-state index contributed by atoms with van der Waals surface area (Å²) in [6.45, 7) is 11.1. The quantitative estimate of drug-likeness (QED) is 0.323. The molecule has 7 heteroatoms. The van der Waals surface area contributed by atoms with Gasteiger partial charge in [-0.25, -0.2) is 0 Å². The molecule has 1 amide bonds. The topological polar surface area (TPSA) is 70.1 Å². The molecule has 2 aromatic rings. The third kappa shape index (κ3) is 5.23. The van der Waals surface area contributed by atoms with Crippen molar-refractivity contribution in [2.45, 2.75) is 33.7 Å². The molecule has 176 valence electrons. The van der Waals surface area contributed by atoms with Gasteiger partial charge in [-0.3, -0.25) is 9.59 Å². The smallest absolute Gasteiger partial charge is 0.295 e. The van der Waals surface area contributed by atoms with Gasteiger partial charge in [0, 0.05) is 23.7 Å². The summed E-state index contributed by atoms with van der Waals surface area (Å²) in [7, 11) is 0. The highest BCUT2D eigenvalue weighted by atomic mass is 35.5. The van der Waals surface area contributed by atoms with E-state index in [2.05, 4.69) is 18.7 Å². The number of hydrogen-bond acceptors (Lipinski definition) is 5.